The molecule has 0 aliphatic rings. The molecule has 2 N–H and O–H groups in total. The van der Waals surface area contributed by atoms with Crippen LogP contribution in [0.3, 0.4) is 0 Å². The first-order chi connectivity index (χ1) is 5.77. The molecule has 0 radical (unpaired) electrons. The minimum atomic E-state index is -0.193. The first kappa shape index (κ1) is 12.3. The second-order valence-corrected chi connectivity index (χ2v) is 4.57. The zero-order chi connectivity index (χ0) is 10.7. The highest BCUT2D eigenvalue weighted by Gasteiger charge is 2.36. The maximum absolute atomic E-state index is 11.2. The Morgan fingerprint density at radius 1 is 1.23 bits per heavy atom. The molecule has 78 valence electrons. The molecule has 13 heavy (non-hydrogen) atoms. The molecule has 3 heteroatoms. The van der Waals surface area contributed by atoms with Crippen LogP contribution in [-0.2, 0) is 0 Å². The maximum Gasteiger partial charge on any atom is 0.314 e. The SMILES string of the molecule is CCC(C)(C)C(C)(C)NC(=O)NC. The highest BCUT2D eigenvalue weighted by Crippen LogP contribution is 2.33. The number of carbonyl (C=O) groups excluding carboxylic acids is 1. The number of rotatable bonds is 3. The van der Waals surface area contributed by atoms with Gasteiger partial charge in [0.05, 0.1) is 0 Å². The van der Waals surface area contributed by atoms with E-state index in [1.807, 2.05) is 13.8 Å². The summed E-state index contributed by atoms with van der Waals surface area (Å²) in [6.45, 7) is 10.5. The standard InChI is InChI=1S/C10H22N2O/c1-7-9(2,3)10(4,5)12-8(13)11-6/h7H2,1-6H3,(H2,11,12,13). The summed E-state index contributed by atoms with van der Waals surface area (Å²) in [7, 11) is 1.63. The monoisotopic (exact) mass is 186 g/mol. The molecule has 0 spiro atoms. The number of hydrogen-bond acceptors (Lipinski definition) is 1. The van der Waals surface area contributed by atoms with Gasteiger partial charge in [0.25, 0.3) is 0 Å². The molecule has 0 bridgehead atoms. The van der Waals surface area contributed by atoms with Crippen LogP contribution in [0.1, 0.15) is 41.0 Å². The fraction of sp³-hybridized carbons (Fsp3) is 0.900. The second kappa shape index (κ2) is 3.99. The predicted octanol–water partition coefficient (Wildman–Crippen LogP) is 2.13. The van der Waals surface area contributed by atoms with Crippen molar-refractivity contribution in [3.05, 3.63) is 0 Å². The van der Waals surface area contributed by atoms with E-state index in [0.29, 0.717) is 0 Å². The van der Waals surface area contributed by atoms with E-state index in [2.05, 4.69) is 31.4 Å². The molecule has 0 saturated heterocycles. The summed E-state index contributed by atoms with van der Waals surface area (Å²) >= 11 is 0. The number of carbonyl (C=O) groups is 1. The van der Waals surface area contributed by atoms with Crippen molar-refractivity contribution in [1.82, 2.24) is 10.6 Å². The highest BCUT2D eigenvalue weighted by atomic mass is 16.2. The fourth-order valence-electron chi connectivity index (χ4n) is 0.957. The summed E-state index contributed by atoms with van der Waals surface area (Å²) < 4.78 is 0. The molecule has 0 unspecified atom stereocenters. The van der Waals surface area contributed by atoms with E-state index in [1.54, 1.807) is 7.05 Å². The average molecular weight is 186 g/mol. The van der Waals surface area contributed by atoms with Gasteiger partial charge < -0.3 is 10.6 Å². The maximum atomic E-state index is 11.2. The average Bonchev–Trinajstić information content (AvgIpc) is 2.03. The van der Waals surface area contributed by atoms with Crippen LogP contribution in [0.5, 0.6) is 0 Å². The van der Waals surface area contributed by atoms with E-state index in [4.69, 9.17) is 0 Å². The lowest BCUT2D eigenvalue weighted by molar-refractivity contribution is 0.150. The second-order valence-electron chi connectivity index (χ2n) is 4.57. The molecule has 0 saturated carbocycles. The van der Waals surface area contributed by atoms with Gasteiger partial charge in [-0.2, -0.15) is 0 Å². The molecule has 3 nitrogen and oxygen atoms in total. The summed E-state index contributed by atoms with van der Waals surface area (Å²) in [5.41, 5.74) is -0.0959. The number of nitrogens with one attached hydrogen (secondary N) is 2. The minimum Gasteiger partial charge on any atom is -0.341 e. The number of urea groups is 1. The van der Waals surface area contributed by atoms with E-state index >= 15 is 0 Å². The number of amides is 2. The Kier molecular flexibility index (Phi) is 3.76. The largest absolute Gasteiger partial charge is 0.341 e. The van der Waals surface area contributed by atoms with Gasteiger partial charge >= 0.3 is 6.03 Å². The van der Waals surface area contributed by atoms with E-state index < -0.39 is 0 Å². The highest BCUT2D eigenvalue weighted by molar-refractivity contribution is 5.74. The molecular formula is C10H22N2O. The van der Waals surface area contributed by atoms with Crippen LogP contribution in [0.2, 0.25) is 0 Å². The molecule has 0 atom stereocenters. The lowest BCUT2D eigenvalue weighted by Crippen LogP contribution is -2.55. The first-order valence-corrected chi connectivity index (χ1v) is 4.76. The van der Waals surface area contributed by atoms with Gasteiger partial charge in [0.15, 0.2) is 0 Å². The van der Waals surface area contributed by atoms with Crippen LogP contribution >= 0.6 is 0 Å². The van der Waals surface area contributed by atoms with Crippen LogP contribution in [0.25, 0.3) is 0 Å². The van der Waals surface area contributed by atoms with Crippen LogP contribution in [0.4, 0.5) is 4.79 Å². The lowest BCUT2D eigenvalue weighted by Gasteiger charge is -2.41. The van der Waals surface area contributed by atoms with Crippen molar-refractivity contribution < 1.29 is 4.79 Å². The normalized spacial score (nSPS) is 12.5. The smallest absolute Gasteiger partial charge is 0.314 e. The molecule has 0 rings (SSSR count). The van der Waals surface area contributed by atoms with Crippen LogP contribution in [0, 0.1) is 5.41 Å². The molecular weight excluding hydrogens is 164 g/mol. The Bertz CT molecular complexity index is 185. The summed E-state index contributed by atoms with van der Waals surface area (Å²) in [4.78, 5) is 11.2. The summed E-state index contributed by atoms with van der Waals surface area (Å²) in [5.74, 6) is 0. The van der Waals surface area contributed by atoms with Gasteiger partial charge in [0.1, 0.15) is 0 Å². The van der Waals surface area contributed by atoms with Gasteiger partial charge in [-0.25, -0.2) is 4.79 Å². The molecule has 0 heterocycles. The van der Waals surface area contributed by atoms with E-state index in [1.165, 1.54) is 0 Å². The van der Waals surface area contributed by atoms with Crippen molar-refractivity contribution in [2.75, 3.05) is 7.05 Å². The van der Waals surface area contributed by atoms with Crippen LogP contribution in [0.15, 0.2) is 0 Å². The summed E-state index contributed by atoms with van der Waals surface area (Å²) in [6, 6.07) is -0.119. The van der Waals surface area contributed by atoms with Crippen LogP contribution < -0.4 is 10.6 Å². The van der Waals surface area contributed by atoms with E-state index in [0.717, 1.165) is 6.42 Å². The van der Waals surface area contributed by atoms with Crippen molar-refractivity contribution in [2.24, 2.45) is 5.41 Å². The molecule has 0 aromatic carbocycles. The van der Waals surface area contributed by atoms with Gasteiger partial charge in [0, 0.05) is 12.6 Å². The third-order valence-corrected chi connectivity index (χ3v) is 3.23. The van der Waals surface area contributed by atoms with Crippen molar-refractivity contribution in [1.29, 1.82) is 0 Å². The Morgan fingerprint density at radius 3 is 2.00 bits per heavy atom. The molecule has 0 fully saturated rings. The Labute approximate surface area is 81.3 Å². The molecule has 0 aromatic heterocycles. The van der Waals surface area contributed by atoms with E-state index in [-0.39, 0.29) is 17.0 Å². The molecule has 0 aromatic rings. The van der Waals surface area contributed by atoms with E-state index in [9.17, 15) is 4.79 Å². The zero-order valence-corrected chi connectivity index (χ0v) is 9.62. The van der Waals surface area contributed by atoms with Crippen molar-refractivity contribution in [3.63, 3.8) is 0 Å². The topological polar surface area (TPSA) is 41.1 Å². The van der Waals surface area contributed by atoms with Gasteiger partial charge in [-0.3, -0.25) is 0 Å². The lowest BCUT2D eigenvalue weighted by atomic mass is 9.73. The van der Waals surface area contributed by atoms with Gasteiger partial charge in [0.2, 0.25) is 0 Å². The van der Waals surface area contributed by atoms with Gasteiger partial charge in [-0.05, 0) is 25.7 Å². The summed E-state index contributed by atoms with van der Waals surface area (Å²) in [6.07, 6.45) is 1.03. The summed E-state index contributed by atoms with van der Waals surface area (Å²) in [5, 5.41) is 5.51. The first-order valence-electron chi connectivity index (χ1n) is 4.76. The Balaban J connectivity index is 4.47. The van der Waals surface area contributed by atoms with Gasteiger partial charge in [-0.1, -0.05) is 20.8 Å². The van der Waals surface area contributed by atoms with Crippen molar-refractivity contribution in [2.45, 2.75) is 46.6 Å². The quantitative estimate of drug-likeness (QED) is 0.696. The zero-order valence-electron chi connectivity index (χ0n) is 9.62. The molecule has 2 amide bonds. The third-order valence-electron chi connectivity index (χ3n) is 3.23. The molecule has 0 aliphatic heterocycles. The Morgan fingerprint density at radius 2 is 1.69 bits per heavy atom. The fourth-order valence-corrected chi connectivity index (χ4v) is 0.957. The van der Waals surface area contributed by atoms with Crippen LogP contribution in [-0.4, -0.2) is 18.6 Å². The molecule has 0 aliphatic carbocycles. The Hall–Kier alpha value is -0.730. The van der Waals surface area contributed by atoms with Crippen molar-refractivity contribution in [3.8, 4) is 0 Å². The predicted molar refractivity (Wildman–Crippen MR) is 55.7 cm³/mol. The third kappa shape index (κ3) is 2.90. The minimum absolute atomic E-state index is 0.0967. The van der Waals surface area contributed by atoms with Gasteiger partial charge in [-0.15, -0.1) is 0 Å². The van der Waals surface area contributed by atoms with Crippen molar-refractivity contribution >= 4 is 6.03 Å². The number of hydrogen-bond donors (Lipinski definition) is 2.